The van der Waals surface area contributed by atoms with Crippen molar-refractivity contribution in [3.63, 3.8) is 0 Å². The quantitative estimate of drug-likeness (QED) is 0.796. The summed E-state index contributed by atoms with van der Waals surface area (Å²) in [6, 6.07) is 5.02. The van der Waals surface area contributed by atoms with E-state index in [-0.39, 0.29) is 0 Å². The van der Waals surface area contributed by atoms with Crippen LogP contribution in [0.5, 0.6) is 0 Å². The van der Waals surface area contributed by atoms with Gasteiger partial charge < -0.3 is 5.32 Å². The molecule has 1 aliphatic carbocycles. The minimum Gasteiger partial charge on any atom is -0.309 e. The molecular weight excluding hydrogens is 238 g/mol. The van der Waals surface area contributed by atoms with E-state index in [1.54, 1.807) is 0 Å². The molecule has 0 radical (unpaired) electrons. The molecule has 1 atom stereocenters. The maximum absolute atomic E-state index is 3.73. The first-order valence-corrected chi connectivity index (χ1v) is 8.30. The second-order valence-corrected chi connectivity index (χ2v) is 7.19. The molecule has 0 amide bonds. The molecule has 0 spiro atoms. The molecule has 0 saturated heterocycles. The molecule has 1 unspecified atom stereocenters. The second-order valence-electron chi connectivity index (χ2n) is 5.87. The van der Waals surface area contributed by atoms with E-state index in [4.69, 9.17) is 0 Å². The maximum atomic E-state index is 3.73. The van der Waals surface area contributed by atoms with Crippen LogP contribution < -0.4 is 5.32 Å². The molecule has 2 heteroatoms. The zero-order valence-corrected chi connectivity index (χ0v) is 12.9. The number of rotatable bonds is 5. The van der Waals surface area contributed by atoms with Crippen molar-refractivity contribution in [2.45, 2.75) is 58.9 Å². The molecule has 1 aromatic heterocycles. The van der Waals surface area contributed by atoms with Gasteiger partial charge in [-0.25, -0.2) is 0 Å². The van der Waals surface area contributed by atoms with E-state index in [0.717, 1.165) is 11.8 Å². The Hall–Kier alpha value is -0.340. The van der Waals surface area contributed by atoms with Gasteiger partial charge in [-0.2, -0.15) is 0 Å². The highest BCUT2D eigenvalue weighted by atomic mass is 32.1. The summed E-state index contributed by atoms with van der Waals surface area (Å²) in [6.07, 6.45) is 7.15. The van der Waals surface area contributed by atoms with Crippen LogP contribution in [0.1, 0.15) is 61.7 Å². The molecule has 1 heterocycles. The summed E-state index contributed by atoms with van der Waals surface area (Å²) in [6.45, 7) is 8.02. The lowest BCUT2D eigenvalue weighted by Gasteiger charge is -2.28. The van der Waals surface area contributed by atoms with Crippen LogP contribution >= 0.6 is 11.3 Å². The van der Waals surface area contributed by atoms with Crippen LogP contribution in [0, 0.1) is 18.8 Å². The standard InChI is InChI=1S/C16H27NS/c1-4-14-6-8-15(9-7-14)11-17-13(3)16-10-5-12(2)18-16/h5,10,13-15,17H,4,6-9,11H2,1-3H3. The Bertz CT molecular complexity index is 350. The Morgan fingerprint density at radius 2 is 1.89 bits per heavy atom. The van der Waals surface area contributed by atoms with Crippen molar-refractivity contribution in [2.24, 2.45) is 11.8 Å². The van der Waals surface area contributed by atoms with E-state index >= 15 is 0 Å². The number of hydrogen-bond donors (Lipinski definition) is 1. The van der Waals surface area contributed by atoms with Gasteiger partial charge >= 0.3 is 0 Å². The smallest absolute Gasteiger partial charge is 0.0386 e. The Labute approximate surface area is 116 Å². The monoisotopic (exact) mass is 265 g/mol. The van der Waals surface area contributed by atoms with Crippen LogP contribution in [0.25, 0.3) is 0 Å². The Kier molecular flexibility index (Phi) is 5.25. The third kappa shape index (κ3) is 3.83. The summed E-state index contributed by atoms with van der Waals surface area (Å²) in [4.78, 5) is 2.90. The zero-order valence-electron chi connectivity index (χ0n) is 12.0. The summed E-state index contributed by atoms with van der Waals surface area (Å²) in [5, 5.41) is 3.73. The Morgan fingerprint density at radius 1 is 1.22 bits per heavy atom. The number of thiophene rings is 1. The predicted molar refractivity (Wildman–Crippen MR) is 81.2 cm³/mol. The van der Waals surface area contributed by atoms with E-state index in [9.17, 15) is 0 Å². The first-order valence-electron chi connectivity index (χ1n) is 7.48. The van der Waals surface area contributed by atoms with Crippen LogP contribution in [0.2, 0.25) is 0 Å². The largest absolute Gasteiger partial charge is 0.309 e. The molecule has 0 aliphatic heterocycles. The van der Waals surface area contributed by atoms with Crippen molar-refractivity contribution in [1.29, 1.82) is 0 Å². The minimum absolute atomic E-state index is 0.521. The van der Waals surface area contributed by atoms with Crippen molar-refractivity contribution in [3.05, 3.63) is 21.9 Å². The molecule has 1 nitrogen and oxygen atoms in total. The van der Waals surface area contributed by atoms with E-state index in [2.05, 4.69) is 38.2 Å². The second kappa shape index (κ2) is 6.72. The summed E-state index contributed by atoms with van der Waals surface area (Å²) >= 11 is 1.92. The van der Waals surface area contributed by atoms with Gasteiger partial charge in [-0.1, -0.05) is 26.2 Å². The van der Waals surface area contributed by atoms with Gasteiger partial charge in [0, 0.05) is 15.8 Å². The van der Waals surface area contributed by atoms with Crippen molar-refractivity contribution in [1.82, 2.24) is 5.32 Å². The molecule has 1 fully saturated rings. The number of aryl methyl sites for hydroxylation is 1. The number of hydrogen-bond acceptors (Lipinski definition) is 2. The van der Waals surface area contributed by atoms with E-state index in [1.807, 2.05) is 11.3 Å². The van der Waals surface area contributed by atoms with Crippen LogP contribution in [-0.2, 0) is 0 Å². The van der Waals surface area contributed by atoms with Crippen LogP contribution in [0.4, 0.5) is 0 Å². The van der Waals surface area contributed by atoms with Gasteiger partial charge in [-0.05, 0) is 57.2 Å². The van der Waals surface area contributed by atoms with Gasteiger partial charge in [0.25, 0.3) is 0 Å². The van der Waals surface area contributed by atoms with Gasteiger partial charge in [0.15, 0.2) is 0 Å². The molecule has 1 saturated carbocycles. The lowest BCUT2D eigenvalue weighted by molar-refractivity contribution is 0.258. The van der Waals surface area contributed by atoms with Crippen molar-refractivity contribution in [3.8, 4) is 0 Å². The molecule has 1 aromatic rings. The van der Waals surface area contributed by atoms with Gasteiger partial charge in [-0.15, -0.1) is 11.3 Å². The van der Waals surface area contributed by atoms with E-state index in [0.29, 0.717) is 6.04 Å². The van der Waals surface area contributed by atoms with Crippen LogP contribution in [0.15, 0.2) is 12.1 Å². The Balaban J connectivity index is 1.72. The maximum Gasteiger partial charge on any atom is 0.0386 e. The van der Waals surface area contributed by atoms with Gasteiger partial charge in [0.1, 0.15) is 0 Å². The summed E-state index contributed by atoms with van der Waals surface area (Å²) in [5.74, 6) is 1.93. The van der Waals surface area contributed by atoms with Crippen molar-refractivity contribution in [2.75, 3.05) is 6.54 Å². The predicted octanol–water partition coefficient (Wildman–Crippen LogP) is 4.92. The lowest BCUT2D eigenvalue weighted by atomic mass is 9.81. The SMILES string of the molecule is CCC1CCC(CNC(C)c2ccc(C)s2)CC1. The van der Waals surface area contributed by atoms with Gasteiger partial charge in [0.2, 0.25) is 0 Å². The molecular formula is C16H27NS. The van der Waals surface area contributed by atoms with Crippen LogP contribution in [-0.4, -0.2) is 6.54 Å². The topological polar surface area (TPSA) is 12.0 Å². The van der Waals surface area contributed by atoms with Crippen molar-refractivity contribution < 1.29 is 0 Å². The summed E-state index contributed by atoms with van der Waals surface area (Å²) in [7, 11) is 0. The van der Waals surface area contributed by atoms with Gasteiger partial charge in [-0.3, -0.25) is 0 Å². The first-order chi connectivity index (χ1) is 8.69. The molecule has 1 aliphatic rings. The molecule has 2 rings (SSSR count). The fourth-order valence-electron chi connectivity index (χ4n) is 2.97. The molecule has 1 N–H and O–H groups in total. The van der Waals surface area contributed by atoms with E-state index in [1.165, 1.54) is 48.4 Å². The lowest BCUT2D eigenvalue weighted by Crippen LogP contribution is -2.28. The fourth-order valence-corrected chi connectivity index (χ4v) is 3.88. The van der Waals surface area contributed by atoms with Crippen molar-refractivity contribution >= 4 is 11.3 Å². The summed E-state index contributed by atoms with van der Waals surface area (Å²) < 4.78 is 0. The average Bonchev–Trinajstić information content (AvgIpc) is 2.83. The van der Waals surface area contributed by atoms with Gasteiger partial charge in [0.05, 0.1) is 0 Å². The fraction of sp³-hybridized carbons (Fsp3) is 0.750. The molecule has 102 valence electrons. The Morgan fingerprint density at radius 3 is 2.44 bits per heavy atom. The van der Waals surface area contributed by atoms with Crippen LogP contribution in [0.3, 0.4) is 0 Å². The highest BCUT2D eigenvalue weighted by Crippen LogP contribution is 2.31. The number of nitrogens with one attached hydrogen (secondary N) is 1. The zero-order chi connectivity index (χ0) is 13.0. The third-order valence-corrected chi connectivity index (χ3v) is 5.63. The molecule has 18 heavy (non-hydrogen) atoms. The third-order valence-electron chi connectivity index (χ3n) is 4.44. The first kappa shape index (κ1) is 14.1. The molecule has 0 bridgehead atoms. The van der Waals surface area contributed by atoms with E-state index < -0.39 is 0 Å². The molecule has 0 aromatic carbocycles. The highest BCUT2D eigenvalue weighted by Gasteiger charge is 2.20. The normalized spacial score (nSPS) is 26.2. The summed E-state index contributed by atoms with van der Waals surface area (Å²) in [5.41, 5.74) is 0. The average molecular weight is 265 g/mol. The highest BCUT2D eigenvalue weighted by molar-refractivity contribution is 7.12. The minimum atomic E-state index is 0.521.